The number of hydrogen-bond acceptors (Lipinski definition) is 6. The Bertz CT molecular complexity index is 714. The summed E-state index contributed by atoms with van der Waals surface area (Å²) in [6.07, 6.45) is 6.06. The highest BCUT2D eigenvalue weighted by Gasteiger charge is 2.20. The van der Waals surface area contributed by atoms with Crippen molar-refractivity contribution in [2.24, 2.45) is 0 Å². The lowest BCUT2D eigenvalue weighted by atomic mass is 9.96. The number of aliphatic hydroxyl groups is 1. The number of hydrogen-bond donors (Lipinski definition) is 1. The van der Waals surface area contributed by atoms with Gasteiger partial charge in [-0.2, -0.15) is 0 Å². The van der Waals surface area contributed by atoms with E-state index in [1.165, 1.54) is 4.90 Å². The van der Waals surface area contributed by atoms with Gasteiger partial charge in [0.15, 0.2) is 0 Å². The molecule has 0 spiro atoms. The van der Waals surface area contributed by atoms with Crippen molar-refractivity contribution in [1.82, 2.24) is 19.9 Å². The van der Waals surface area contributed by atoms with E-state index in [1.807, 2.05) is 27.7 Å². The maximum atomic E-state index is 12.4. The molecular weight excluding hydrogens is 344 g/mol. The van der Waals surface area contributed by atoms with Gasteiger partial charge in [0.2, 0.25) is 0 Å². The highest BCUT2D eigenvalue weighted by Crippen LogP contribution is 2.18. The van der Waals surface area contributed by atoms with Crippen LogP contribution >= 0.6 is 0 Å². The zero-order valence-corrected chi connectivity index (χ0v) is 16.4. The normalized spacial score (nSPS) is 12.5. The van der Waals surface area contributed by atoms with Crippen molar-refractivity contribution in [1.29, 1.82) is 0 Å². The molecule has 0 radical (unpaired) electrons. The van der Waals surface area contributed by atoms with Crippen LogP contribution in [0.4, 0.5) is 4.79 Å². The molecule has 1 N–H and O–H groups in total. The topological polar surface area (TPSA) is 88.4 Å². The van der Waals surface area contributed by atoms with Gasteiger partial charge in [-0.15, -0.1) is 0 Å². The number of rotatable bonds is 7. The van der Waals surface area contributed by atoms with E-state index in [-0.39, 0.29) is 18.6 Å². The van der Waals surface area contributed by atoms with Gasteiger partial charge in [0.1, 0.15) is 12.4 Å². The largest absolute Gasteiger partial charge is 0.444 e. The second-order valence-corrected chi connectivity index (χ2v) is 7.47. The lowest BCUT2D eigenvalue weighted by molar-refractivity contribution is 0.0684. The fourth-order valence-electron chi connectivity index (χ4n) is 2.47. The number of aliphatic hydroxyl groups excluding tert-OH is 1. The summed E-state index contributed by atoms with van der Waals surface area (Å²) in [4.78, 5) is 26.6. The quantitative estimate of drug-likeness (QED) is 0.802. The SMILES string of the molecule is CCCN(CC(O)c1cccnc1)C(=O)OCc1cnc(C(C)(C)C)nc1. The van der Waals surface area contributed by atoms with E-state index < -0.39 is 12.2 Å². The molecule has 7 heteroatoms. The van der Waals surface area contributed by atoms with E-state index in [0.29, 0.717) is 12.1 Å². The molecule has 0 bridgehead atoms. The number of pyridine rings is 1. The van der Waals surface area contributed by atoms with Crippen LogP contribution in [0, 0.1) is 0 Å². The second kappa shape index (κ2) is 9.41. The standard InChI is InChI=1S/C20H28N4O3/c1-5-9-24(13-17(25)16-7-6-8-21-12-16)19(26)27-14-15-10-22-18(23-11-15)20(2,3)4/h6-8,10-12,17,25H,5,9,13-14H2,1-4H3. The molecule has 2 rings (SSSR count). The summed E-state index contributed by atoms with van der Waals surface area (Å²) in [6, 6.07) is 3.53. The first-order chi connectivity index (χ1) is 12.8. The molecule has 2 aromatic heterocycles. The van der Waals surface area contributed by atoms with Gasteiger partial charge in [-0.1, -0.05) is 33.8 Å². The summed E-state index contributed by atoms with van der Waals surface area (Å²) in [5, 5.41) is 10.3. The fourth-order valence-corrected chi connectivity index (χ4v) is 2.47. The van der Waals surface area contributed by atoms with Gasteiger partial charge in [-0.05, 0) is 12.5 Å². The molecular formula is C20H28N4O3. The third-order valence-electron chi connectivity index (χ3n) is 3.95. The molecule has 0 saturated carbocycles. The van der Waals surface area contributed by atoms with Gasteiger partial charge < -0.3 is 14.7 Å². The van der Waals surface area contributed by atoms with Crippen LogP contribution in [0.3, 0.4) is 0 Å². The number of aromatic nitrogens is 3. The average molecular weight is 372 g/mol. The van der Waals surface area contributed by atoms with E-state index in [0.717, 1.165) is 17.8 Å². The number of amides is 1. The molecule has 1 atom stereocenters. The van der Waals surface area contributed by atoms with Gasteiger partial charge in [-0.25, -0.2) is 14.8 Å². The zero-order chi connectivity index (χ0) is 19.9. The van der Waals surface area contributed by atoms with Gasteiger partial charge in [0.25, 0.3) is 0 Å². The van der Waals surface area contributed by atoms with Crippen molar-refractivity contribution in [3.05, 3.63) is 53.9 Å². The summed E-state index contributed by atoms with van der Waals surface area (Å²) >= 11 is 0. The van der Waals surface area contributed by atoms with E-state index in [2.05, 4.69) is 15.0 Å². The summed E-state index contributed by atoms with van der Waals surface area (Å²) in [5.41, 5.74) is 1.26. The summed E-state index contributed by atoms with van der Waals surface area (Å²) < 4.78 is 5.39. The van der Waals surface area contributed by atoms with Crippen LogP contribution in [0.5, 0.6) is 0 Å². The Balaban J connectivity index is 1.94. The lowest BCUT2D eigenvalue weighted by Gasteiger charge is -2.24. The number of carbonyl (C=O) groups excluding carboxylic acids is 1. The van der Waals surface area contributed by atoms with Crippen LogP contribution < -0.4 is 0 Å². The molecule has 0 aromatic carbocycles. The summed E-state index contributed by atoms with van der Waals surface area (Å²) in [5.74, 6) is 0.741. The highest BCUT2D eigenvalue weighted by atomic mass is 16.6. The molecule has 0 aliphatic carbocycles. The predicted octanol–water partition coefficient (Wildman–Crippen LogP) is 3.25. The van der Waals surface area contributed by atoms with Gasteiger partial charge in [0.05, 0.1) is 12.6 Å². The molecule has 7 nitrogen and oxygen atoms in total. The van der Waals surface area contributed by atoms with Crippen molar-refractivity contribution in [3.63, 3.8) is 0 Å². The number of carbonyl (C=O) groups is 1. The molecule has 0 fully saturated rings. The third kappa shape index (κ3) is 6.29. The van der Waals surface area contributed by atoms with Gasteiger partial charge in [-0.3, -0.25) is 4.98 Å². The van der Waals surface area contributed by atoms with E-state index >= 15 is 0 Å². The van der Waals surface area contributed by atoms with Crippen LogP contribution in [0.15, 0.2) is 36.9 Å². The first-order valence-corrected chi connectivity index (χ1v) is 9.12. The Kier molecular flexibility index (Phi) is 7.24. The minimum absolute atomic E-state index is 0.0897. The smallest absolute Gasteiger partial charge is 0.410 e. The fraction of sp³-hybridized carbons (Fsp3) is 0.500. The molecule has 2 aromatic rings. The van der Waals surface area contributed by atoms with Crippen molar-refractivity contribution < 1.29 is 14.6 Å². The van der Waals surface area contributed by atoms with Crippen molar-refractivity contribution in [2.75, 3.05) is 13.1 Å². The van der Waals surface area contributed by atoms with Gasteiger partial charge >= 0.3 is 6.09 Å². The second-order valence-electron chi connectivity index (χ2n) is 7.47. The molecule has 2 heterocycles. The Morgan fingerprint density at radius 2 is 1.96 bits per heavy atom. The lowest BCUT2D eigenvalue weighted by Crippen LogP contribution is -2.35. The summed E-state index contributed by atoms with van der Waals surface area (Å²) in [7, 11) is 0. The minimum Gasteiger partial charge on any atom is -0.444 e. The molecule has 1 amide bonds. The highest BCUT2D eigenvalue weighted by molar-refractivity contribution is 5.67. The Morgan fingerprint density at radius 1 is 1.26 bits per heavy atom. The first kappa shape index (κ1) is 20.8. The van der Waals surface area contributed by atoms with Crippen molar-refractivity contribution in [2.45, 2.75) is 52.2 Å². The zero-order valence-electron chi connectivity index (χ0n) is 16.4. The Hall–Kier alpha value is -2.54. The predicted molar refractivity (Wildman–Crippen MR) is 102 cm³/mol. The molecule has 1 unspecified atom stereocenters. The number of nitrogens with zero attached hydrogens (tertiary/aromatic N) is 4. The average Bonchev–Trinajstić information content (AvgIpc) is 2.66. The van der Waals surface area contributed by atoms with Crippen LogP contribution in [-0.2, 0) is 16.8 Å². The maximum absolute atomic E-state index is 12.4. The molecule has 0 aliphatic rings. The third-order valence-corrected chi connectivity index (χ3v) is 3.95. The van der Waals surface area contributed by atoms with Crippen LogP contribution in [0.2, 0.25) is 0 Å². The van der Waals surface area contributed by atoms with Crippen LogP contribution in [0.1, 0.15) is 57.2 Å². The first-order valence-electron chi connectivity index (χ1n) is 9.12. The molecule has 146 valence electrons. The van der Waals surface area contributed by atoms with Crippen LogP contribution in [-0.4, -0.2) is 44.1 Å². The van der Waals surface area contributed by atoms with Crippen molar-refractivity contribution >= 4 is 6.09 Å². The molecule has 27 heavy (non-hydrogen) atoms. The van der Waals surface area contributed by atoms with E-state index in [9.17, 15) is 9.90 Å². The monoisotopic (exact) mass is 372 g/mol. The van der Waals surface area contributed by atoms with Gasteiger partial charge in [0, 0.05) is 47.9 Å². The Labute approximate surface area is 160 Å². The number of ether oxygens (including phenoxy) is 1. The maximum Gasteiger partial charge on any atom is 0.410 e. The Morgan fingerprint density at radius 3 is 2.52 bits per heavy atom. The van der Waals surface area contributed by atoms with Crippen molar-refractivity contribution in [3.8, 4) is 0 Å². The van der Waals surface area contributed by atoms with Crippen LogP contribution in [0.25, 0.3) is 0 Å². The summed E-state index contributed by atoms with van der Waals surface area (Å²) in [6.45, 7) is 8.82. The molecule has 0 saturated heterocycles. The minimum atomic E-state index is -0.813. The van der Waals surface area contributed by atoms with E-state index in [4.69, 9.17) is 4.74 Å². The molecule has 0 aliphatic heterocycles. The van der Waals surface area contributed by atoms with E-state index in [1.54, 1.807) is 36.9 Å².